The summed E-state index contributed by atoms with van der Waals surface area (Å²) in [5.74, 6) is 1.17. The second-order valence-electron chi connectivity index (χ2n) is 3.64. The lowest BCUT2D eigenvalue weighted by atomic mass is 10.0. The molecule has 1 fully saturated rings. The quantitative estimate of drug-likeness (QED) is 0.706. The van der Waals surface area contributed by atoms with Crippen LogP contribution in [0.25, 0.3) is 0 Å². The van der Waals surface area contributed by atoms with E-state index in [1.807, 2.05) is 0 Å². The van der Waals surface area contributed by atoms with E-state index in [1.165, 1.54) is 17.5 Å². The van der Waals surface area contributed by atoms with Crippen LogP contribution in [0.1, 0.15) is 23.5 Å². The van der Waals surface area contributed by atoms with E-state index in [0.717, 1.165) is 0 Å². The second kappa shape index (κ2) is 2.91. The molecule has 1 aromatic rings. The Labute approximate surface area is 73.0 Å². The van der Waals surface area contributed by atoms with E-state index in [0.29, 0.717) is 18.4 Å². The van der Waals surface area contributed by atoms with E-state index in [2.05, 4.69) is 31.2 Å². The summed E-state index contributed by atoms with van der Waals surface area (Å²) in [5, 5.41) is 8.93. The molecule has 0 spiro atoms. The zero-order chi connectivity index (χ0) is 8.55. The average Bonchev–Trinajstić information content (AvgIpc) is 2.84. The van der Waals surface area contributed by atoms with E-state index < -0.39 is 0 Å². The maximum absolute atomic E-state index is 8.93. The van der Waals surface area contributed by atoms with Gasteiger partial charge in [0.05, 0.1) is 0 Å². The van der Waals surface area contributed by atoms with E-state index >= 15 is 0 Å². The molecule has 12 heavy (non-hydrogen) atoms. The normalized spacial score (nSPS) is 27.2. The zero-order valence-corrected chi connectivity index (χ0v) is 7.33. The van der Waals surface area contributed by atoms with Gasteiger partial charge in [-0.15, -0.1) is 0 Å². The highest BCUT2D eigenvalue weighted by Gasteiger charge is 2.37. The van der Waals surface area contributed by atoms with Gasteiger partial charge in [-0.1, -0.05) is 24.3 Å². The molecular formula is C11H14O. The first-order valence-corrected chi connectivity index (χ1v) is 4.49. The molecule has 2 unspecified atom stereocenters. The summed E-state index contributed by atoms with van der Waals surface area (Å²) in [6.45, 7) is 2.49. The van der Waals surface area contributed by atoms with Gasteiger partial charge in [0.2, 0.25) is 0 Å². The van der Waals surface area contributed by atoms with E-state index in [9.17, 15) is 0 Å². The Kier molecular flexibility index (Phi) is 1.89. The summed E-state index contributed by atoms with van der Waals surface area (Å²) < 4.78 is 0. The van der Waals surface area contributed by atoms with Gasteiger partial charge in [0.15, 0.2) is 0 Å². The maximum atomic E-state index is 8.93. The largest absolute Gasteiger partial charge is 0.396 e. The van der Waals surface area contributed by atoms with Gasteiger partial charge in [0.25, 0.3) is 0 Å². The first-order chi connectivity index (χ1) is 5.83. The lowest BCUT2D eigenvalue weighted by Crippen LogP contribution is -1.90. The van der Waals surface area contributed by atoms with Gasteiger partial charge in [-0.2, -0.15) is 0 Å². The molecule has 2 atom stereocenters. The summed E-state index contributed by atoms with van der Waals surface area (Å²) in [7, 11) is 0. The minimum atomic E-state index is 0.346. The molecule has 0 radical (unpaired) electrons. The van der Waals surface area contributed by atoms with Crippen molar-refractivity contribution in [3.8, 4) is 0 Å². The van der Waals surface area contributed by atoms with Crippen LogP contribution in [0.5, 0.6) is 0 Å². The molecule has 0 amide bonds. The third kappa shape index (κ3) is 1.25. The van der Waals surface area contributed by atoms with Crippen LogP contribution in [0.2, 0.25) is 0 Å². The fourth-order valence-electron chi connectivity index (χ4n) is 1.83. The van der Waals surface area contributed by atoms with Crippen LogP contribution < -0.4 is 0 Å². The van der Waals surface area contributed by atoms with Crippen molar-refractivity contribution < 1.29 is 5.11 Å². The van der Waals surface area contributed by atoms with Crippen molar-refractivity contribution >= 4 is 0 Å². The first-order valence-electron chi connectivity index (χ1n) is 4.49. The summed E-state index contributed by atoms with van der Waals surface area (Å²) in [4.78, 5) is 0. The molecule has 1 aromatic carbocycles. The molecular weight excluding hydrogens is 148 g/mol. The number of rotatable bonds is 2. The number of aryl methyl sites for hydroxylation is 1. The van der Waals surface area contributed by atoms with E-state index in [-0.39, 0.29) is 0 Å². The fourth-order valence-corrected chi connectivity index (χ4v) is 1.83. The SMILES string of the molecule is Cc1ccccc1C1CC1CO. The van der Waals surface area contributed by atoms with E-state index in [1.54, 1.807) is 0 Å². The Balaban J connectivity index is 2.19. The summed E-state index contributed by atoms with van der Waals surface area (Å²) >= 11 is 0. The van der Waals surface area contributed by atoms with Gasteiger partial charge in [0, 0.05) is 6.61 Å². The molecule has 1 aliphatic rings. The molecule has 0 heterocycles. The van der Waals surface area contributed by atoms with Crippen LogP contribution in [-0.2, 0) is 0 Å². The standard InChI is InChI=1S/C11H14O/c1-8-4-2-3-5-10(8)11-6-9(11)7-12/h2-5,9,11-12H,6-7H2,1H3. The highest BCUT2D eigenvalue weighted by molar-refractivity contribution is 5.33. The fraction of sp³-hybridized carbons (Fsp3) is 0.455. The predicted octanol–water partition coefficient (Wildman–Crippen LogP) is 2.09. The van der Waals surface area contributed by atoms with Crippen molar-refractivity contribution in [2.24, 2.45) is 5.92 Å². The maximum Gasteiger partial charge on any atom is 0.0465 e. The zero-order valence-electron chi connectivity index (χ0n) is 7.33. The molecule has 0 aromatic heterocycles. The molecule has 1 N–H and O–H groups in total. The Morgan fingerprint density at radius 1 is 1.42 bits per heavy atom. The Bertz CT molecular complexity index is 280. The Morgan fingerprint density at radius 2 is 2.17 bits per heavy atom. The third-order valence-electron chi connectivity index (χ3n) is 2.75. The molecule has 2 rings (SSSR count). The highest BCUT2D eigenvalue weighted by atomic mass is 16.3. The van der Waals surface area contributed by atoms with Crippen molar-refractivity contribution in [2.45, 2.75) is 19.3 Å². The minimum absolute atomic E-state index is 0.346. The van der Waals surface area contributed by atoms with Crippen LogP contribution in [0, 0.1) is 12.8 Å². The van der Waals surface area contributed by atoms with Gasteiger partial charge >= 0.3 is 0 Å². The Morgan fingerprint density at radius 3 is 2.75 bits per heavy atom. The monoisotopic (exact) mass is 162 g/mol. The van der Waals surface area contributed by atoms with Crippen molar-refractivity contribution in [1.82, 2.24) is 0 Å². The topological polar surface area (TPSA) is 20.2 Å². The summed E-state index contributed by atoms with van der Waals surface area (Å²) in [6, 6.07) is 8.46. The third-order valence-corrected chi connectivity index (χ3v) is 2.75. The average molecular weight is 162 g/mol. The summed E-state index contributed by atoms with van der Waals surface area (Å²) in [5.41, 5.74) is 2.79. The van der Waals surface area contributed by atoms with Gasteiger partial charge in [0.1, 0.15) is 0 Å². The number of aliphatic hydroxyl groups excluding tert-OH is 1. The number of hydrogen-bond acceptors (Lipinski definition) is 1. The van der Waals surface area contributed by atoms with Crippen LogP contribution in [-0.4, -0.2) is 11.7 Å². The molecule has 1 aliphatic carbocycles. The molecule has 0 aliphatic heterocycles. The van der Waals surface area contributed by atoms with Crippen molar-refractivity contribution in [1.29, 1.82) is 0 Å². The van der Waals surface area contributed by atoms with Crippen LogP contribution in [0.4, 0.5) is 0 Å². The van der Waals surface area contributed by atoms with Crippen LogP contribution in [0.15, 0.2) is 24.3 Å². The van der Waals surface area contributed by atoms with Gasteiger partial charge in [-0.3, -0.25) is 0 Å². The molecule has 64 valence electrons. The highest BCUT2D eigenvalue weighted by Crippen LogP contribution is 2.47. The molecule has 1 nitrogen and oxygen atoms in total. The number of benzene rings is 1. The first kappa shape index (κ1) is 7.81. The van der Waals surface area contributed by atoms with Crippen LogP contribution >= 0.6 is 0 Å². The lowest BCUT2D eigenvalue weighted by Gasteiger charge is -2.02. The molecule has 1 heteroatoms. The molecule has 1 saturated carbocycles. The predicted molar refractivity (Wildman–Crippen MR) is 49.1 cm³/mol. The van der Waals surface area contributed by atoms with E-state index in [4.69, 9.17) is 5.11 Å². The van der Waals surface area contributed by atoms with Crippen molar-refractivity contribution in [3.05, 3.63) is 35.4 Å². The molecule has 0 bridgehead atoms. The van der Waals surface area contributed by atoms with Crippen molar-refractivity contribution in [3.63, 3.8) is 0 Å². The lowest BCUT2D eigenvalue weighted by molar-refractivity contribution is 0.274. The van der Waals surface area contributed by atoms with Crippen LogP contribution in [0.3, 0.4) is 0 Å². The smallest absolute Gasteiger partial charge is 0.0465 e. The van der Waals surface area contributed by atoms with Crippen molar-refractivity contribution in [2.75, 3.05) is 6.61 Å². The Hall–Kier alpha value is -0.820. The van der Waals surface area contributed by atoms with Gasteiger partial charge in [-0.05, 0) is 36.3 Å². The van der Waals surface area contributed by atoms with Gasteiger partial charge in [-0.25, -0.2) is 0 Å². The summed E-state index contributed by atoms with van der Waals surface area (Å²) in [6.07, 6.45) is 1.17. The second-order valence-corrected chi connectivity index (χ2v) is 3.64. The molecule has 0 saturated heterocycles. The number of aliphatic hydroxyl groups is 1. The van der Waals surface area contributed by atoms with Gasteiger partial charge < -0.3 is 5.11 Å². The minimum Gasteiger partial charge on any atom is -0.396 e. The number of hydrogen-bond donors (Lipinski definition) is 1.